The highest BCUT2D eigenvalue weighted by Crippen LogP contribution is 2.04. The summed E-state index contributed by atoms with van der Waals surface area (Å²) in [5, 5.41) is 10.4. The number of rotatable bonds is 2. The van der Waals surface area contributed by atoms with E-state index in [-0.39, 0.29) is 10.4 Å². The summed E-state index contributed by atoms with van der Waals surface area (Å²) < 4.78 is 0.283. The van der Waals surface area contributed by atoms with Crippen LogP contribution >= 0.6 is 0 Å². The van der Waals surface area contributed by atoms with Crippen molar-refractivity contribution in [3.63, 3.8) is 0 Å². The lowest BCUT2D eigenvalue weighted by Gasteiger charge is -2.01. The number of nitrogens with one attached hydrogen (secondary N) is 1. The van der Waals surface area contributed by atoms with Crippen molar-refractivity contribution in [2.45, 2.75) is 6.92 Å². The van der Waals surface area contributed by atoms with Crippen LogP contribution in [0.2, 0.25) is 0 Å². The second kappa shape index (κ2) is 3.32. The van der Waals surface area contributed by atoms with Gasteiger partial charge >= 0.3 is 16.9 Å². The summed E-state index contributed by atoms with van der Waals surface area (Å²) in [6, 6.07) is 0. The first-order chi connectivity index (χ1) is 6.49. The molecule has 0 fully saturated rings. The molecule has 76 valence electrons. The van der Waals surface area contributed by atoms with Gasteiger partial charge in [0, 0.05) is 0 Å². The lowest BCUT2D eigenvalue weighted by atomic mass is 10.4. The molecule has 1 N–H and O–H groups in total. The number of nitro groups is 1. The van der Waals surface area contributed by atoms with Gasteiger partial charge in [-0.2, -0.15) is 0 Å². The molecule has 0 atom stereocenters. The van der Waals surface area contributed by atoms with Crippen LogP contribution in [0.15, 0.2) is 9.59 Å². The van der Waals surface area contributed by atoms with Gasteiger partial charge in [0.05, 0.1) is 4.92 Å². The predicted octanol–water partition coefficient (Wildman–Crippen LogP) is -1.19. The van der Waals surface area contributed by atoms with Crippen molar-refractivity contribution in [3.05, 3.63) is 36.6 Å². The molecular formula is C6H7N3O5. The van der Waals surface area contributed by atoms with E-state index in [0.29, 0.717) is 0 Å². The minimum Gasteiger partial charge on any atom is -0.409 e. The van der Waals surface area contributed by atoms with E-state index in [1.807, 2.05) is 0 Å². The minimum absolute atomic E-state index is 0.0988. The van der Waals surface area contributed by atoms with Crippen molar-refractivity contribution in [1.82, 2.24) is 9.71 Å². The summed E-state index contributed by atoms with van der Waals surface area (Å²) in [5.74, 6) is 0. The molecule has 0 aliphatic heterocycles. The normalized spacial score (nSPS) is 9.86. The summed E-state index contributed by atoms with van der Waals surface area (Å²) in [4.78, 5) is 38.3. The highest BCUT2D eigenvalue weighted by Gasteiger charge is 2.21. The predicted molar refractivity (Wildman–Crippen MR) is 45.2 cm³/mol. The third-order valence-corrected chi connectivity index (χ3v) is 1.59. The van der Waals surface area contributed by atoms with Crippen LogP contribution in [0.25, 0.3) is 0 Å². The molecule has 0 aliphatic carbocycles. The highest BCUT2D eigenvalue weighted by atomic mass is 16.7. The summed E-state index contributed by atoms with van der Waals surface area (Å²) in [6.07, 6.45) is 0. The zero-order valence-corrected chi connectivity index (χ0v) is 7.44. The maximum Gasteiger partial charge on any atom is 0.367 e. The van der Waals surface area contributed by atoms with Crippen LogP contribution in [0.5, 0.6) is 0 Å². The molecule has 14 heavy (non-hydrogen) atoms. The summed E-state index contributed by atoms with van der Waals surface area (Å²) in [6.45, 7) is 1.26. The maximum atomic E-state index is 11.3. The molecule has 8 heteroatoms. The van der Waals surface area contributed by atoms with Crippen LogP contribution in [-0.4, -0.2) is 21.7 Å². The second-order valence-corrected chi connectivity index (χ2v) is 2.44. The monoisotopic (exact) mass is 201 g/mol. The fourth-order valence-corrected chi connectivity index (χ4v) is 1.00. The molecule has 0 bridgehead atoms. The Bertz CT molecular complexity index is 485. The SMILES string of the molecule is COn1c(=O)[nH]c(C)c([N+](=O)[O-])c1=O. The molecule has 0 saturated carbocycles. The molecule has 0 unspecified atom stereocenters. The van der Waals surface area contributed by atoms with E-state index < -0.39 is 21.9 Å². The molecule has 0 spiro atoms. The number of hydrogen-bond donors (Lipinski definition) is 1. The molecule has 0 saturated heterocycles. The number of aryl methyl sites for hydroxylation is 1. The van der Waals surface area contributed by atoms with Crippen LogP contribution in [0.1, 0.15) is 5.69 Å². The molecule has 1 heterocycles. The van der Waals surface area contributed by atoms with Gasteiger partial charge < -0.3 is 9.82 Å². The number of aromatic nitrogens is 2. The van der Waals surface area contributed by atoms with Gasteiger partial charge in [0.2, 0.25) is 0 Å². The van der Waals surface area contributed by atoms with Gasteiger partial charge in [-0.25, -0.2) is 4.79 Å². The Morgan fingerprint density at radius 3 is 2.50 bits per heavy atom. The lowest BCUT2D eigenvalue weighted by Crippen LogP contribution is -2.40. The van der Waals surface area contributed by atoms with Gasteiger partial charge in [-0.1, -0.05) is 4.73 Å². The Morgan fingerprint density at radius 2 is 2.07 bits per heavy atom. The van der Waals surface area contributed by atoms with Gasteiger partial charge in [-0.15, -0.1) is 0 Å². The van der Waals surface area contributed by atoms with E-state index >= 15 is 0 Å². The van der Waals surface area contributed by atoms with E-state index in [0.717, 1.165) is 7.11 Å². The average molecular weight is 201 g/mol. The lowest BCUT2D eigenvalue weighted by molar-refractivity contribution is -0.387. The third kappa shape index (κ3) is 1.37. The van der Waals surface area contributed by atoms with Gasteiger partial charge in [0.15, 0.2) is 0 Å². The van der Waals surface area contributed by atoms with Gasteiger partial charge in [0.25, 0.3) is 0 Å². The van der Waals surface area contributed by atoms with Gasteiger partial charge in [-0.3, -0.25) is 14.9 Å². The first-order valence-electron chi connectivity index (χ1n) is 3.54. The molecule has 0 amide bonds. The van der Waals surface area contributed by atoms with Crippen LogP contribution in [-0.2, 0) is 0 Å². The van der Waals surface area contributed by atoms with Crippen molar-refractivity contribution in [3.8, 4) is 0 Å². The van der Waals surface area contributed by atoms with Crippen molar-refractivity contribution >= 4 is 5.69 Å². The number of hydrogen-bond acceptors (Lipinski definition) is 5. The van der Waals surface area contributed by atoms with E-state index in [4.69, 9.17) is 0 Å². The molecule has 1 rings (SSSR count). The summed E-state index contributed by atoms with van der Waals surface area (Å²) in [7, 11) is 1.07. The van der Waals surface area contributed by atoms with Crippen molar-refractivity contribution in [2.24, 2.45) is 0 Å². The van der Waals surface area contributed by atoms with Crippen molar-refractivity contribution < 1.29 is 9.76 Å². The Kier molecular flexibility index (Phi) is 2.36. The molecule has 1 aromatic heterocycles. The van der Waals surface area contributed by atoms with Crippen molar-refractivity contribution in [1.29, 1.82) is 0 Å². The van der Waals surface area contributed by atoms with E-state index in [1.54, 1.807) is 0 Å². The topological polar surface area (TPSA) is 107 Å². The molecule has 0 aromatic carbocycles. The quantitative estimate of drug-likeness (QED) is 0.478. The Labute approximate surface area is 76.9 Å². The Hall–Kier alpha value is -2.12. The first kappa shape index (κ1) is 9.96. The third-order valence-electron chi connectivity index (χ3n) is 1.59. The Morgan fingerprint density at radius 1 is 1.50 bits per heavy atom. The second-order valence-electron chi connectivity index (χ2n) is 2.44. The first-order valence-corrected chi connectivity index (χ1v) is 3.54. The van der Waals surface area contributed by atoms with Crippen LogP contribution in [0, 0.1) is 17.0 Å². The number of nitrogens with zero attached hydrogens (tertiary/aromatic N) is 2. The zero-order chi connectivity index (χ0) is 10.9. The molecular weight excluding hydrogens is 194 g/mol. The van der Waals surface area contributed by atoms with Crippen molar-refractivity contribution in [2.75, 3.05) is 7.11 Å². The zero-order valence-electron chi connectivity index (χ0n) is 7.44. The van der Waals surface area contributed by atoms with Gasteiger partial charge in [-0.05, 0) is 6.92 Å². The minimum atomic E-state index is -1.08. The molecule has 1 aromatic rings. The largest absolute Gasteiger partial charge is 0.409 e. The summed E-state index contributed by atoms with van der Waals surface area (Å²) >= 11 is 0. The van der Waals surface area contributed by atoms with E-state index in [1.165, 1.54) is 6.92 Å². The fourth-order valence-electron chi connectivity index (χ4n) is 1.00. The van der Waals surface area contributed by atoms with Crippen LogP contribution < -0.4 is 16.1 Å². The summed E-state index contributed by atoms with van der Waals surface area (Å²) in [5.41, 5.74) is -2.73. The fraction of sp³-hybridized carbons (Fsp3) is 0.333. The highest BCUT2D eigenvalue weighted by molar-refractivity contribution is 5.30. The van der Waals surface area contributed by atoms with Gasteiger partial charge in [0.1, 0.15) is 12.8 Å². The Balaban J connectivity index is 3.70. The average Bonchev–Trinajstić information content (AvgIpc) is 2.02. The number of aromatic amines is 1. The molecule has 0 aliphatic rings. The van der Waals surface area contributed by atoms with E-state index in [9.17, 15) is 19.7 Å². The van der Waals surface area contributed by atoms with E-state index in [2.05, 4.69) is 9.82 Å². The molecule has 8 nitrogen and oxygen atoms in total. The van der Waals surface area contributed by atoms with Crippen LogP contribution in [0.4, 0.5) is 5.69 Å². The molecule has 0 radical (unpaired) electrons. The smallest absolute Gasteiger partial charge is 0.367 e. The standard InChI is InChI=1S/C6H7N3O5/c1-3-4(9(12)13)5(10)8(14-2)6(11)7-3/h1-2H3,(H,7,11). The van der Waals surface area contributed by atoms with Crippen LogP contribution in [0.3, 0.4) is 0 Å². The maximum absolute atomic E-state index is 11.3. The number of H-pyrrole nitrogens is 1.